The molecule has 1 saturated heterocycles. The van der Waals surface area contributed by atoms with Crippen molar-refractivity contribution in [1.82, 2.24) is 14.1 Å². The van der Waals surface area contributed by atoms with Crippen LogP contribution in [0.1, 0.15) is 20.8 Å². The minimum absolute atomic E-state index is 0.0117. The van der Waals surface area contributed by atoms with E-state index < -0.39 is 16.2 Å². The van der Waals surface area contributed by atoms with Gasteiger partial charge in [-0.3, -0.25) is 0 Å². The van der Waals surface area contributed by atoms with Crippen LogP contribution in [-0.2, 0) is 10.0 Å². The zero-order valence-corrected chi connectivity index (χ0v) is 15.1. The van der Waals surface area contributed by atoms with Crippen LogP contribution in [0.15, 0.2) is 35.2 Å². The van der Waals surface area contributed by atoms with Gasteiger partial charge in [0.25, 0.3) is 0 Å². The number of benzene rings is 1. The molecular formula is C16H25N3O3S. The Bertz CT molecular complexity index is 658. The average molecular weight is 339 g/mol. The van der Waals surface area contributed by atoms with Gasteiger partial charge in [0.05, 0.1) is 4.90 Å². The Morgan fingerprint density at radius 2 is 1.78 bits per heavy atom. The number of rotatable bonds is 3. The van der Waals surface area contributed by atoms with Crippen molar-refractivity contribution in [3.05, 3.63) is 30.3 Å². The van der Waals surface area contributed by atoms with Crippen molar-refractivity contribution in [3.63, 3.8) is 0 Å². The fourth-order valence-corrected chi connectivity index (χ4v) is 4.82. The first kappa shape index (κ1) is 17.7. The minimum Gasteiger partial charge on any atom is -0.331 e. The Balaban J connectivity index is 2.45. The van der Waals surface area contributed by atoms with Gasteiger partial charge >= 0.3 is 6.03 Å². The SMILES string of the molecule is CC(C)[C@@H]1N(C(=O)N(C)C)[C@@H](C)CN1S(=O)(=O)c1ccccc1. The summed E-state index contributed by atoms with van der Waals surface area (Å²) in [5, 5.41) is 0. The lowest BCUT2D eigenvalue weighted by Crippen LogP contribution is -2.51. The van der Waals surface area contributed by atoms with Crippen LogP contribution in [0.5, 0.6) is 0 Å². The van der Waals surface area contributed by atoms with Gasteiger partial charge in [0.15, 0.2) is 0 Å². The standard InChI is InChI=1S/C16H25N3O3S/c1-12(2)15-18(11-13(3)19(15)16(20)17(4)5)23(21,22)14-9-7-6-8-10-14/h6-10,12-13,15H,11H2,1-5H3/t13-,15-/m0/s1. The van der Waals surface area contributed by atoms with Crippen molar-refractivity contribution in [2.45, 2.75) is 37.9 Å². The molecule has 1 aliphatic rings. The Morgan fingerprint density at radius 1 is 1.22 bits per heavy atom. The van der Waals surface area contributed by atoms with E-state index in [9.17, 15) is 13.2 Å². The zero-order chi connectivity index (χ0) is 17.4. The van der Waals surface area contributed by atoms with Crippen LogP contribution < -0.4 is 0 Å². The quantitative estimate of drug-likeness (QED) is 0.847. The number of carbonyl (C=O) groups is 1. The van der Waals surface area contributed by atoms with E-state index in [1.807, 2.05) is 20.8 Å². The Labute approximate surface area is 138 Å². The molecule has 128 valence electrons. The van der Waals surface area contributed by atoms with E-state index in [1.54, 1.807) is 49.3 Å². The fourth-order valence-electron chi connectivity index (χ4n) is 3.01. The molecule has 2 amide bonds. The van der Waals surface area contributed by atoms with Gasteiger partial charge in [-0.2, -0.15) is 4.31 Å². The largest absolute Gasteiger partial charge is 0.331 e. The maximum atomic E-state index is 13.0. The molecule has 7 heteroatoms. The summed E-state index contributed by atoms with van der Waals surface area (Å²) < 4.78 is 27.5. The molecule has 2 atom stereocenters. The molecule has 0 spiro atoms. The molecule has 1 heterocycles. The lowest BCUT2D eigenvalue weighted by Gasteiger charge is -2.35. The Kier molecular flexibility index (Phi) is 5.01. The molecule has 0 unspecified atom stereocenters. The van der Waals surface area contributed by atoms with E-state index in [1.165, 1.54) is 9.21 Å². The highest BCUT2D eigenvalue weighted by Crippen LogP contribution is 2.32. The Hall–Kier alpha value is -1.60. The van der Waals surface area contributed by atoms with E-state index in [4.69, 9.17) is 0 Å². The molecule has 6 nitrogen and oxygen atoms in total. The van der Waals surface area contributed by atoms with Crippen LogP contribution >= 0.6 is 0 Å². The molecule has 0 aromatic heterocycles. The van der Waals surface area contributed by atoms with Gasteiger partial charge in [-0.25, -0.2) is 13.2 Å². The predicted molar refractivity (Wildman–Crippen MR) is 89.3 cm³/mol. The number of hydrogen-bond donors (Lipinski definition) is 0. The van der Waals surface area contributed by atoms with Crippen LogP contribution in [0.25, 0.3) is 0 Å². The van der Waals surface area contributed by atoms with Crippen molar-refractivity contribution in [3.8, 4) is 0 Å². The summed E-state index contributed by atoms with van der Waals surface area (Å²) >= 11 is 0. The van der Waals surface area contributed by atoms with Crippen LogP contribution in [0.4, 0.5) is 4.79 Å². The van der Waals surface area contributed by atoms with E-state index >= 15 is 0 Å². The maximum absolute atomic E-state index is 13.0. The first-order chi connectivity index (χ1) is 10.7. The van der Waals surface area contributed by atoms with Crippen LogP contribution in [-0.4, -0.2) is 61.4 Å². The fraction of sp³-hybridized carbons (Fsp3) is 0.562. The zero-order valence-electron chi connectivity index (χ0n) is 14.3. The van der Waals surface area contributed by atoms with E-state index in [2.05, 4.69) is 0 Å². The summed E-state index contributed by atoms with van der Waals surface area (Å²) in [6, 6.07) is 8.05. The van der Waals surface area contributed by atoms with Crippen molar-refractivity contribution >= 4 is 16.1 Å². The number of carbonyl (C=O) groups excluding carboxylic acids is 1. The van der Waals surface area contributed by atoms with Crippen molar-refractivity contribution in [2.75, 3.05) is 20.6 Å². The first-order valence-corrected chi connectivity index (χ1v) is 9.18. The number of nitrogens with zero attached hydrogens (tertiary/aromatic N) is 3. The summed E-state index contributed by atoms with van der Waals surface area (Å²) in [6.45, 7) is 6.06. The second-order valence-electron chi connectivity index (χ2n) is 6.48. The molecule has 0 N–H and O–H groups in total. The van der Waals surface area contributed by atoms with Gasteiger partial charge in [-0.1, -0.05) is 32.0 Å². The van der Waals surface area contributed by atoms with Crippen LogP contribution in [0, 0.1) is 5.92 Å². The predicted octanol–water partition coefficient (Wildman–Crippen LogP) is 2.05. The lowest BCUT2D eigenvalue weighted by atomic mass is 10.1. The topological polar surface area (TPSA) is 60.9 Å². The van der Waals surface area contributed by atoms with Gasteiger partial charge in [0.1, 0.15) is 6.17 Å². The summed E-state index contributed by atoms with van der Waals surface area (Å²) in [6.07, 6.45) is -0.481. The average Bonchev–Trinajstić information content (AvgIpc) is 2.85. The number of hydrogen-bond acceptors (Lipinski definition) is 3. The summed E-state index contributed by atoms with van der Waals surface area (Å²) in [4.78, 5) is 15.9. The molecule has 23 heavy (non-hydrogen) atoms. The normalized spacial score (nSPS) is 22.6. The molecule has 0 radical (unpaired) electrons. The molecule has 1 fully saturated rings. The molecule has 1 aliphatic heterocycles. The molecule has 1 aromatic carbocycles. The van der Waals surface area contributed by atoms with Gasteiger partial charge in [0.2, 0.25) is 10.0 Å². The number of urea groups is 1. The first-order valence-electron chi connectivity index (χ1n) is 7.74. The monoisotopic (exact) mass is 339 g/mol. The molecule has 1 aromatic rings. The van der Waals surface area contributed by atoms with Gasteiger partial charge < -0.3 is 9.80 Å². The highest BCUT2D eigenvalue weighted by atomic mass is 32.2. The number of amides is 2. The van der Waals surface area contributed by atoms with E-state index in [0.717, 1.165) is 0 Å². The maximum Gasteiger partial charge on any atom is 0.321 e. The van der Waals surface area contributed by atoms with Crippen LogP contribution in [0.3, 0.4) is 0 Å². The second-order valence-corrected chi connectivity index (χ2v) is 8.37. The third kappa shape index (κ3) is 3.21. The second kappa shape index (κ2) is 6.49. The highest BCUT2D eigenvalue weighted by Gasteiger charge is 2.47. The van der Waals surface area contributed by atoms with Gasteiger partial charge in [0, 0.05) is 26.7 Å². The molecular weight excluding hydrogens is 314 g/mol. The highest BCUT2D eigenvalue weighted by molar-refractivity contribution is 7.89. The summed E-state index contributed by atoms with van der Waals surface area (Å²) in [7, 11) is -0.274. The van der Waals surface area contributed by atoms with E-state index in [-0.39, 0.29) is 22.9 Å². The third-order valence-electron chi connectivity index (χ3n) is 4.05. The molecule has 0 bridgehead atoms. The van der Waals surface area contributed by atoms with Gasteiger partial charge in [-0.05, 0) is 25.0 Å². The lowest BCUT2D eigenvalue weighted by molar-refractivity contribution is 0.116. The van der Waals surface area contributed by atoms with E-state index in [0.29, 0.717) is 6.54 Å². The van der Waals surface area contributed by atoms with Crippen molar-refractivity contribution < 1.29 is 13.2 Å². The van der Waals surface area contributed by atoms with Crippen LogP contribution in [0.2, 0.25) is 0 Å². The minimum atomic E-state index is -3.64. The molecule has 0 aliphatic carbocycles. The number of sulfonamides is 1. The smallest absolute Gasteiger partial charge is 0.321 e. The molecule has 2 rings (SSSR count). The summed E-state index contributed by atoms with van der Waals surface area (Å²) in [5.41, 5.74) is 0. The third-order valence-corrected chi connectivity index (χ3v) is 5.90. The van der Waals surface area contributed by atoms with Crippen molar-refractivity contribution in [2.24, 2.45) is 5.92 Å². The molecule has 0 saturated carbocycles. The summed E-state index contributed by atoms with van der Waals surface area (Å²) in [5.74, 6) is -0.0117. The van der Waals surface area contributed by atoms with Gasteiger partial charge in [-0.15, -0.1) is 0 Å². The van der Waals surface area contributed by atoms with Crippen molar-refractivity contribution in [1.29, 1.82) is 0 Å². The Morgan fingerprint density at radius 3 is 2.26 bits per heavy atom.